The average Bonchev–Trinajstić information content (AvgIpc) is 2.53. The maximum Gasteiger partial charge on any atom is 0.243 e. The lowest BCUT2D eigenvalue weighted by atomic mass is 10.1. The molecule has 0 unspecified atom stereocenters. The minimum atomic E-state index is -3.45. The Morgan fingerprint density at radius 2 is 2.00 bits per heavy atom. The maximum absolute atomic E-state index is 12.5. The maximum atomic E-state index is 12.5. The highest BCUT2D eigenvalue weighted by Crippen LogP contribution is 2.21. The highest BCUT2D eigenvalue weighted by atomic mass is 127. The summed E-state index contributed by atoms with van der Waals surface area (Å²) < 4.78 is 27.5. The Balaban J connectivity index is 2.02. The molecule has 0 aliphatic carbocycles. The summed E-state index contributed by atoms with van der Waals surface area (Å²) in [6, 6.07) is 6.82. The van der Waals surface area contributed by atoms with E-state index in [9.17, 15) is 13.2 Å². The van der Waals surface area contributed by atoms with Crippen molar-refractivity contribution in [1.29, 1.82) is 0 Å². The second-order valence-electron chi connectivity index (χ2n) is 4.86. The van der Waals surface area contributed by atoms with Gasteiger partial charge in [0.25, 0.3) is 0 Å². The molecule has 120 valence electrons. The summed E-state index contributed by atoms with van der Waals surface area (Å²) in [5, 5.41) is 2.74. The second kappa shape index (κ2) is 7.80. The molecule has 1 aliphatic heterocycles. The molecule has 0 bridgehead atoms. The third kappa shape index (κ3) is 4.46. The summed E-state index contributed by atoms with van der Waals surface area (Å²) in [6.07, 6.45) is 2.49. The Bertz CT molecular complexity index is 672. The highest BCUT2D eigenvalue weighted by molar-refractivity contribution is 14.1. The van der Waals surface area contributed by atoms with Gasteiger partial charge in [0.2, 0.25) is 15.9 Å². The van der Waals surface area contributed by atoms with Crippen molar-refractivity contribution in [2.75, 3.05) is 25.4 Å². The van der Waals surface area contributed by atoms with E-state index >= 15 is 0 Å². The molecule has 0 saturated heterocycles. The first kappa shape index (κ1) is 17.8. The fraction of sp³-hybridized carbons (Fsp3) is 0.357. The minimum Gasteiger partial charge on any atom is -0.352 e. The lowest BCUT2D eigenvalue weighted by Gasteiger charge is -2.26. The molecule has 22 heavy (non-hydrogen) atoms. The number of nitrogens with zero attached hydrogens (tertiary/aromatic N) is 1. The van der Waals surface area contributed by atoms with Gasteiger partial charge in [0.05, 0.1) is 10.6 Å². The standard InChI is InChI=1S/C14H17IN2O3S2/c15-12-1-3-13(4-2-12)22(19,20)17-7-5-11(6-8-17)9-16-14(18)10-21/h1-5,21H,6-10H2,(H,16,18). The zero-order valence-corrected chi connectivity index (χ0v) is 15.7. The first-order chi connectivity index (χ1) is 10.4. The van der Waals surface area contributed by atoms with Crippen LogP contribution in [0.3, 0.4) is 0 Å². The molecular weight excluding hydrogens is 435 g/mol. The van der Waals surface area contributed by atoms with Crippen LogP contribution in [0.25, 0.3) is 0 Å². The van der Waals surface area contributed by atoms with Crippen LogP contribution in [0.1, 0.15) is 6.42 Å². The fourth-order valence-corrected chi connectivity index (χ4v) is 3.95. The summed E-state index contributed by atoms with van der Waals surface area (Å²) in [7, 11) is -3.45. The van der Waals surface area contributed by atoms with Crippen molar-refractivity contribution in [3.05, 3.63) is 39.5 Å². The monoisotopic (exact) mass is 452 g/mol. The number of carbonyl (C=O) groups is 1. The molecule has 0 atom stereocenters. The van der Waals surface area contributed by atoms with Gasteiger partial charge in [-0.15, -0.1) is 0 Å². The van der Waals surface area contributed by atoms with Gasteiger partial charge in [0, 0.05) is 23.2 Å². The van der Waals surface area contributed by atoms with E-state index in [0.29, 0.717) is 31.0 Å². The molecule has 8 heteroatoms. The van der Waals surface area contributed by atoms with Gasteiger partial charge in [-0.1, -0.05) is 11.6 Å². The summed E-state index contributed by atoms with van der Waals surface area (Å²) >= 11 is 6.03. The number of hydrogen-bond donors (Lipinski definition) is 2. The third-order valence-corrected chi connectivity index (χ3v) is 6.26. The van der Waals surface area contributed by atoms with Crippen LogP contribution in [0, 0.1) is 3.57 Å². The Hall–Kier alpha value is -0.580. The van der Waals surface area contributed by atoms with Crippen molar-refractivity contribution in [2.45, 2.75) is 11.3 Å². The van der Waals surface area contributed by atoms with Gasteiger partial charge in [-0.25, -0.2) is 8.42 Å². The Kier molecular flexibility index (Phi) is 6.30. The van der Waals surface area contributed by atoms with Gasteiger partial charge < -0.3 is 5.32 Å². The molecule has 5 nitrogen and oxygen atoms in total. The Morgan fingerprint density at radius 3 is 2.55 bits per heavy atom. The van der Waals surface area contributed by atoms with E-state index in [0.717, 1.165) is 9.14 Å². The lowest BCUT2D eigenvalue weighted by molar-refractivity contribution is -0.118. The molecule has 0 radical (unpaired) electrons. The number of carbonyl (C=O) groups excluding carboxylic acids is 1. The number of benzene rings is 1. The van der Waals surface area contributed by atoms with Crippen molar-refractivity contribution in [1.82, 2.24) is 9.62 Å². The smallest absolute Gasteiger partial charge is 0.243 e. The number of thiol groups is 1. The predicted octanol–water partition coefficient (Wildman–Crippen LogP) is 1.66. The topological polar surface area (TPSA) is 66.5 Å². The van der Waals surface area contributed by atoms with Gasteiger partial charge in [-0.3, -0.25) is 4.79 Å². The van der Waals surface area contributed by atoms with Crippen LogP contribution in [0.5, 0.6) is 0 Å². The number of sulfonamides is 1. The van der Waals surface area contributed by atoms with Gasteiger partial charge >= 0.3 is 0 Å². The summed E-state index contributed by atoms with van der Waals surface area (Å²) in [5.74, 6) is 0.0267. The highest BCUT2D eigenvalue weighted by Gasteiger charge is 2.25. The molecule has 0 aromatic heterocycles. The SMILES string of the molecule is O=C(CS)NCC1=CCN(S(=O)(=O)c2ccc(I)cc2)CC1. The predicted molar refractivity (Wildman–Crippen MR) is 97.5 cm³/mol. The van der Waals surface area contributed by atoms with Gasteiger partial charge in [0.15, 0.2) is 0 Å². The number of halogens is 1. The van der Waals surface area contributed by atoms with Crippen LogP contribution < -0.4 is 5.32 Å². The van der Waals surface area contributed by atoms with Crippen LogP contribution in [0.15, 0.2) is 40.8 Å². The first-order valence-electron chi connectivity index (χ1n) is 6.74. The molecule has 2 rings (SSSR count). The zero-order chi connectivity index (χ0) is 16.2. The van der Waals surface area contributed by atoms with E-state index in [-0.39, 0.29) is 11.7 Å². The molecule has 1 aromatic carbocycles. The molecule has 1 aromatic rings. The molecule has 1 heterocycles. The largest absolute Gasteiger partial charge is 0.352 e. The van der Waals surface area contributed by atoms with Gasteiger partial charge in [-0.05, 0) is 53.3 Å². The van der Waals surface area contributed by atoms with E-state index in [1.807, 2.05) is 6.08 Å². The van der Waals surface area contributed by atoms with Crippen LogP contribution >= 0.6 is 35.2 Å². The van der Waals surface area contributed by atoms with Crippen molar-refractivity contribution < 1.29 is 13.2 Å². The number of nitrogens with one attached hydrogen (secondary N) is 1. The molecule has 1 amide bonds. The normalized spacial score (nSPS) is 16.2. The van der Waals surface area contributed by atoms with Crippen LogP contribution in [-0.2, 0) is 14.8 Å². The Morgan fingerprint density at radius 1 is 1.32 bits per heavy atom. The van der Waals surface area contributed by atoms with Gasteiger partial charge in [0.1, 0.15) is 0 Å². The summed E-state index contributed by atoms with van der Waals surface area (Å²) in [5.41, 5.74) is 1.05. The van der Waals surface area contributed by atoms with Crippen LogP contribution in [-0.4, -0.2) is 44.0 Å². The minimum absolute atomic E-state index is 0.127. The molecular formula is C14H17IN2O3S2. The lowest BCUT2D eigenvalue weighted by Crippen LogP contribution is -2.36. The average molecular weight is 452 g/mol. The summed E-state index contributed by atoms with van der Waals surface area (Å²) in [4.78, 5) is 11.5. The van der Waals surface area contributed by atoms with Crippen LogP contribution in [0.2, 0.25) is 0 Å². The molecule has 0 saturated carbocycles. The van der Waals surface area contributed by atoms with E-state index in [4.69, 9.17) is 0 Å². The first-order valence-corrected chi connectivity index (χ1v) is 9.90. The van der Waals surface area contributed by atoms with Crippen molar-refractivity contribution >= 4 is 51.2 Å². The third-order valence-electron chi connectivity index (χ3n) is 3.37. The van der Waals surface area contributed by atoms with E-state index < -0.39 is 10.0 Å². The fourth-order valence-electron chi connectivity index (χ4n) is 2.10. The van der Waals surface area contributed by atoms with E-state index in [2.05, 4.69) is 40.5 Å². The van der Waals surface area contributed by atoms with E-state index in [1.165, 1.54) is 4.31 Å². The number of amides is 1. The van der Waals surface area contributed by atoms with Crippen molar-refractivity contribution in [3.8, 4) is 0 Å². The number of hydrogen-bond acceptors (Lipinski definition) is 4. The van der Waals surface area contributed by atoms with Crippen LogP contribution in [0.4, 0.5) is 0 Å². The number of rotatable bonds is 5. The van der Waals surface area contributed by atoms with Crippen molar-refractivity contribution in [2.24, 2.45) is 0 Å². The molecule has 1 N–H and O–H groups in total. The van der Waals surface area contributed by atoms with E-state index in [1.54, 1.807) is 24.3 Å². The molecule has 1 aliphatic rings. The van der Waals surface area contributed by atoms with Gasteiger partial charge in [-0.2, -0.15) is 16.9 Å². The van der Waals surface area contributed by atoms with Crippen molar-refractivity contribution in [3.63, 3.8) is 0 Å². The zero-order valence-electron chi connectivity index (χ0n) is 11.8. The quantitative estimate of drug-likeness (QED) is 0.406. The summed E-state index contributed by atoms with van der Waals surface area (Å²) in [6.45, 7) is 1.22. The Labute approximate surface area is 149 Å². The molecule has 0 fully saturated rings. The molecule has 0 spiro atoms. The second-order valence-corrected chi connectivity index (χ2v) is 8.36.